The Morgan fingerprint density at radius 2 is 0.783 bits per heavy atom. The second-order valence-electron chi connectivity index (χ2n) is 9.00. The van der Waals surface area contributed by atoms with Crippen molar-refractivity contribution in [2.45, 2.75) is 125 Å². The summed E-state index contributed by atoms with van der Waals surface area (Å²) in [5.74, 6) is 3.72. The van der Waals surface area contributed by atoms with Crippen molar-refractivity contribution in [3.05, 3.63) is 0 Å². The van der Waals surface area contributed by atoms with Crippen molar-refractivity contribution in [1.82, 2.24) is 0 Å². The Labute approximate surface area is 149 Å². The van der Waals surface area contributed by atoms with Gasteiger partial charge >= 0.3 is 0 Å². The third-order valence-electron chi connectivity index (χ3n) is 5.57. The summed E-state index contributed by atoms with van der Waals surface area (Å²) in [5, 5.41) is 0. The predicted octanol–water partition coefficient (Wildman–Crippen LogP) is 8.64. The zero-order chi connectivity index (χ0) is 17.5. The third-order valence-corrected chi connectivity index (χ3v) is 5.57. The fourth-order valence-electron chi connectivity index (χ4n) is 3.68. The van der Waals surface area contributed by atoms with E-state index in [4.69, 9.17) is 0 Å². The van der Waals surface area contributed by atoms with Crippen LogP contribution in [0.3, 0.4) is 0 Å². The first-order chi connectivity index (χ1) is 11.0. The van der Waals surface area contributed by atoms with Crippen molar-refractivity contribution in [1.29, 1.82) is 0 Å². The smallest absolute Gasteiger partial charge is 0.0443 e. The lowest BCUT2D eigenvalue weighted by molar-refractivity contribution is 0.371. The summed E-state index contributed by atoms with van der Waals surface area (Å²) in [7, 11) is 0. The van der Waals surface area contributed by atoms with Gasteiger partial charge in [-0.15, -0.1) is 0 Å². The minimum absolute atomic E-state index is 0.881. The molecule has 0 saturated carbocycles. The summed E-state index contributed by atoms with van der Waals surface area (Å²) in [6, 6.07) is 0. The standard InChI is InChI=1S/C23H48/c1-7-8-9-14-21(4)16-11-18-23(6)19-12-17-22(5)15-10-13-20(2)3/h20-23H,7-19H2,1-6H3/t21-,22+,23+/m0/s1. The number of hydrogen-bond donors (Lipinski definition) is 0. The first-order valence-electron chi connectivity index (χ1n) is 11.0. The molecule has 0 bridgehead atoms. The molecule has 23 heavy (non-hydrogen) atoms. The molecule has 3 atom stereocenters. The van der Waals surface area contributed by atoms with Crippen LogP contribution in [0.5, 0.6) is 0 Å². The zero-order valence-corrected chi connectivity index (χ0v) is 17.5. The van der Waals surface area contributed by atoms with E-state index in [0.29, 0.717) is 0 Å². The van der Waals surface area contributed by atoms with Gasteiger partial charge in [0.25, 0.3) is 0 Å². The second-order valence-corrected chi connectivity index (χ2v) is 9.00. The summed E-state index contributed by atoms with van der Waals surface area (Å²) in [6.45, 7) is 14.4. The first kappa shape index (κ1) is 23.0. The van der Waals surface area contributed by atoms with Crippen LogP contribution in [0.1, 0.15) is 125 Å². The molecule has 0 aliphatic carbocycles. The predicted molar refractivity (Wildman–Crippen MR) is 108 cm³/mol. The molecule has 0 aliphatic rings. The average Bonchev–Trinajstić information content (AvgIpc) is 2.47. The summed E-state index contributed by atoms with van der Waals surface area (Å²) in [4.78, 5) is 0. The zero-order valence-electron chi connectivity index (χ0n) is 17.5. The summed E-state index contributed by atoms with van der Waals surface area (Å²) in [5.41, 5.74) is 0. The Bertz CT molecular complexity index is 230. The lowest BCUT2D eigenvalue weighted by Crippen LogP contribution is -2.01. The number of rotatable bonds is 16. The van der Waals surface area contributed by atoms with E-state index in [1.54, 1.807) is 0 Å². The molecule has 140 valence electrons. The van der Waals surface area contributed by atoms with Crippen LogP contribution >= 0.6 is 0 Å². The normalized spacial score (nSPS) is 15.8. The first-order valence-corrected chi connectivity index (χ1v) is 11.0. The molecule has 0 heteroatoms. The van der Waals surface area contributed by atoms with Crippen molar-refractivity contribution in [3.8, 4) is 0 Å². The Morgan fingerprint density at radius 3 is 1.13 bits per heavy atom. The molecule has 0 aromatic rings. The lowest BCUT2D eigenvalue weighted by Gasteiger charge is -2.16. The van der Waals surface area contributed by atoms with Crippen LogP contribution in [0.4, 0.5) is 0 Å². The van der Waals surface area contributed by atoms with Crippen LogP contribution in [-0.4, -0.2) is 0 Å². The maximum atomic E-state index is 2.48. The average molecular weight is 325 g/mol. The molecule has 0 spiro atoms. The molecule has 0 aliphatic heterocycles. The van der Waals surface area contributed by atoms with Crippen LogP contribution < -0.4 is 0 Å². The van der Waals surface area contributed by atoms with E-state index >= 15 is 0 Å². The van der Waals surface area contributed by atoms with Gasteiger partial charge in [-0.1, -0.05) is 125 Å². The van der Waals surface area contributed by atoms with Gasteiger partial charge in [-0.2, -0.15) is 0 Å². The van der Waals surface area contributed by atoms with Gasteiger partial charge in [-0.3, -0.25) is 0 Å². The van der Waals surface area contributed by atoms with E-state index < -0.39 is 0 Å². The van der Waals surface area contributed by atoms with Crippen molar-refractivity contribution < 1.29 is 0 Å². The van der Waals surface area contributed by atoms with Gasteiger partial charge in [0, 0.05) is 0 Å². The van der Waals surface area contributed by atoms with Crippen molar-refractivity contribution in [2.24, 2.45) is 23.7 Å². The monoisotopic (exact) mass is 324 g/mol. The van der Waals surface area contributed by atoms with Gasteiger partial charge in [0.05, 0.1) is 0 Å². The molecule has 0 unspecified atom stereocenters. The largest absolute Gasteiger partial charge is 0.0654 e. The Balaban J connectivity index is 3.47. The molecule has 0 aromatic heterocycles. The second kappa shape index (κ2) is 15.5. The number of hydrogen-bond acceptors (Lipinski definition) is 0. The van der Waals surface area contributed by atoms with Crippen LogP contribution in [0.25, 0.3) is 0 Å². The van der Waals surface area contributed by atoms with Gasteiger partial charge in [0.2, 0.25) is 0 Å². The molecular weight excluding hydrogens is 276 g/mol. The van der Waals surface area contributed by atoms with Crippen molar-refractivity contribution in [3.63, 3.8) is 0 Å². The lowest BCUT2D eigenvalue weighted by atomic mass is 9.90. The van der Waals surface area contributed by atoms with Crippen LogP contribution in [0, 0.1) is 23.7 Å². The van der Waals surface area contributed by atoms with E-state index in [2.05, 4.69) is 41.5 Å². The van der Waals surface area contributed by atoms with E-state index in [-0.39, 0.29) is 0 Å². The molecule has 0 nitrogen and oxygen atoms in total. The van der Waals surface area contributed by atoms with E-state index in [1.807, 2.05) is 0 Å². The van der Waals surface area contributed by atoms with Gasteiger partial charge in [-0.25, -0.2) is 0 Å². The molecule has 0 saturated heterocycles. The quantitative estimate of drug-likeness (QED) is 0.249. The SMILES string of the molecule is CCCCC[C@H](C)CCC[C@@H](C)CCC[C@H](C)CCCC(C)C. The summed E-state index contributed by atoms with van der Waals surface area (Å²) < 4.78 is 0. The minimum atomic E-state index is 0.881. The highest BCUT2D eigenvalue weighted by atomic mass is 14.1. The molecule has 0 amide bonds. The highest BCUT2D eigenvalue weighted by molar-refractivity contribution is 4.61. The minimum Gasteiger partial charge on any atom is -0.0654 e. The van der Waals surface area contributed by atoms with Crippen molar-refractivity contribution >= 4 is 0 Å². The highest BCUT2D eigenvalue weighted by Gasteiger charge is 2.08. The molecule has 0 N–H and O–H groups in total. The fourth-order valence-corrected chi connectivity index (χ4v) is 3.68. The molecule has 0 radical (unpaired) electrons. The Kier molecular flexibility index (Phi) is 15.5. The van der Waals surface area contributed by atoms with Crippen LogP contribution in [-0.2, 0) is 0 Å². The van der Waals surface area contributed by atoms with Gasteiger partial charge in [-0.05, 0) is 23.7 Å². The summed E-state index contributed by atoms with van der Waals surface area (Å²) >= 11 is 0. The highest BCUT2D eigenvalue weighted by Crippen LogP contribution is 2.23. The molecule has 0 fully saturated rings. The topological polar surface area (TPSA) is 0 Å². The van der Waals surface area contributed by atoms with E-state index in [9.17, 15) is 0 Å². The molecule has 0 aromatic carbocycles. The summed E-state index contributed by atoms with van der Waals surface area (Å²) in [6.07, 6.45) is 18.7. The fraction of sp³-hybridized carbons (Fsp3) is 1.00. The van der Waals surface area contributed by atoms with Crippen LogP contribution in [0.15, 0.2) is 0 Å². The molecular formula is C23H48. The third kappa shape index (κ3) is 16.6. The van der Waals surface area contributed by atoms with Gasteiger partial charge in [0.1, 0.15) is 0 Å². The molecule has 0 rings (SSSR count). The Morgan fingerprint density at radius 1 is 0.435 bits per heavy atom. The maximum Gasteiger partial charge on any atom is -0.0443 e. The van der Waals surface area contributed by atoms with Crippen LogP contribution in [0.2, 0.25) is 0 Å². The van der Waals surface area contributed by atoms with Gasteiger partial charge < -0.3 is 0 Å². The number of unbranched alkanes of at least 4 members (excludes halogenated alkanes) is 2. The van der Waals surface area contributed by atoms with Crippen molar-refractivity contribution in [2.75, 3.05) is 0 Å². The Hall–Kier alpha value is 0. The van der Waals surface area contributed by atoms with Gasteiger partial charge in [0.15, 0.2) is 0 Å². The maximum absolute atomic E-state index is 2.48. The van der Waals surface area contributed by atoms with E-state index in [1.165, 1.54) is 83.5 Å². The molecule has 0 heterocycles. The van der Waals surface area contributed by atoms with E-state index in [0.717, 1.165) is 23.7 Å².